The average molecular weight is 580 g/mol. The number of amides is 2. The molecule has 0 bridgehead atoms. The Bertz CT molecular complexity index is 2020. The predicted octanol–water partition coefficient (Wildman–Crippen LogP) is 6.29. The van der Waals surface area contributed by atoms with Gasteiger partial charge in [-0.25, -0.2) is 15.0 Å². The Hall–Kier alpha value is -5.83. The van der Waals surface area contributed by atoms with Crippen LogP contribution >= 0.6 is 0 Å². The molecule has 1 aliphatic heterocycles. The molecule has 0 atom stereocenters. The monoisotopic (exact) mass is 579 g/mol. The fourth-order valence-corrected chi connectivity index (χ4v) is 5.66. The van der Waals surface area contributed by atoms with Gasteiger partial charge in [-0.15, -0.1) is 0 Å². The van der Waals surface area contributed by atoms with E-state index in [0.29, 0.717) is 30.3 Å². The fraction of sp³-hybridized carbons (Fsp3) is 0.114. The second kappa shape index (κ2) is 11.4. The van der Waals surface area contributed by atoms with Gasteiger partial charge in [0.15, 0.2) is 0 Å². The van der Waals surface area contributed by atoms with Crippen molar-refractivity contribution >= 4 is 40.5 Å². The van der Waals surface area contributed by atoms with Gasteiger partial charge in [0.2, 0.25) is 17.8 Å². The number of carbonyl (C=O) groups excluding carboxylic acids is 2. The lowest BCUT2D eigenvalue weighted by atomic mass is 10.1. The lowest BCUT2D eigenvalue weighted by Crippen LogP contribution is -2.25. The van der Waals surface area contributed by atoms with Crippen LogP contribution in [-0.2, 0) is 22.4 Å². The van der Waals surface area contributed by atoms with Crippen LogP contribution in [0.25, 0.3) is 28.3 Å². The van der Waals surface area contributed by atoms with E-state index in [-0.39, 0.29) is 11.8 Å². The molecule has 6 aromatic rings. The van der Waals surface area contributed by atoms with E-state index in [1.807, 2.05) is 108 Å². The maximum Gasteiger partial charge on any atom is 0.228 e. The van der Waals surface area contributed by atoms with Crippen LogP contribution in [0.1, 0.15) is 18.1 Å². The SMILES string of the molecule is CC(=O)N1CCc2cc(Nc3nccc(-c4c(-c5cccc(NC(=O)Cc6ccccc6)c5)nc5ccccn45)n3)ccc21. The highest BCUT2D eigenvalue weighted by molar-refractivity contribution is 5.94. The third-order valence-electron chi connectivity index (χ3n) is 7.67. The molecule has 7 rings (SSSR count). The Morgan fingerprint density at radius 1 is 0.864 bits per heavy atom. The maximum atomic E-state index is 12.8. The second-order valence-corrected chi connectivity index (χ2v) is 10.7. The average Bonchev–Trinajstić information content (AvgIpc) is 3.64. The topological polar surface area (TPSA) is 105 Å². The molecule has 2 amide bonds. The van der Waals surface area contributed by atoms with E-state index in [1.165, 1.54) is 0 Å². The number of hydrogen-bond donors (Lipinski definition) is 2. The van der Waals surface area contributed by atoms with E-state index in [1.54, 1.807) is 18.0 Å². The molecular weight excluding hydrogens is 550 g/mol. The number of pyridine rings is 1. The van der Waals surface area contributed by atoms with Gasteiger partial charge in [0.25, 0.3) is 0 Å². The van der Waals surface area contributed by atoms with E-state index in [9.17, 15) is 9.59 Å². The Morgan fingerprint density at radius 3 is 2.59 bits per heavy atom. The van der Waals surface area contributed by atoms with E-state index >= 15 is 0 Å². The van der Waals surface area contributed by atoms with E-state index in [0.717, 1.165) is 51.5 Å². The second-order valence-electron chi connectivity index (χ2n) is 10.7. The molecule has 0 unspecified atom stereocenters. The van der Waals surface area contributed by atoms with Crippen molar-refractivity contribution in [3.05, 3.63) is 121 Å². The maximum absolute atomic E-state index is 12.8. The molecule has 0 radical (unpaired) electrons. The van der Waals surface area contributed by atoms with Crippen molar-refractivity contribution in [3.63, 3.8) is 0 Å². The molecule has 44 heavy (non-hydrogen) atoms. The summed E-state index contributed by atoms with van der Waals surface area (Å²) in [6.45, 7) is 2.28. The molecular formula is C35H29N7O2. The summed E-state index contributed by atoms with van der Waals surface area (Å²) in [7, 11) is 0. The number of fused-ring (bicyclic) bond motifs is 2. The molecule has 0 saturated heterocycles. The van der Waals surface area contributed by atoms with Gasteiger partial charge in [0, 0.05) is 48.5 Å². The van der Waals surface area contributed by atoms with Gasteiger partial charge in [0.1, 0.15) is 5.65 Å². The molecule has 216 valence electrons. The zero-order chi connectivity index (χ0) is 30.0. The first-order chi connectivity index (χ1) is 21.5. The summed E-state index contributed by atoms with van der Waals surface area (Å²) in [6, 6.07) is 31.0. The Balaban J connectivity index is 1.20. The zero-order valence-corrected chi connectivity index (χ0v) is 24.1. The summed E-state index contributed by atoms with van der Waals surface area (Å²) in [4.78, 5) is 40.9. The smallest absolute Gasteiger partial charge is 0.228 e. The largest absolute Gasteiger partial charge is 0.326 e. The molecule has 0 spiro atoms. The Morgan fingerprint density at radius 2 is 1.73 bits per heavy atom. The molecule has 3 aromatic carbocycles. The minimum atomic E-state index is -0.0874. The molecule has 1 aliphatic rings. The number of benzene rings is 3. The highest BCUT2D eigenvalue weighted by Gasteiger charge is 2.23. The Kier molecular flexibility index (Phi) is 7.03. The van der Waals surface area contributed by atoms with Crippen molar-refractivity contribution in [2.75, 3.05) is 22.1 Å². The summed E-state index contributed by atoms with van der Waals surface area (Å²) in [5, 5.41) is 6.36. The first-order valence-electron chi connectivity index (χ1n) is 14.4. The number of rotatable bonds is 7. The van der Waals surface area contributed by atoms with Crippen LogP contribution < -0.4 is 15.5 Å². The van der Waals surface area contributed by atoms with Gasteiger partial charge in [-0.1, -0.05) is 48.5 Å². The molecule has 9 heteroatoms. The van der Waals surface area contributed by atoms with Gasteiger partial charge < -0.3 is 15.5 Å². The third kappa shape index (κ3) is 5.38. The van der Waals surface area contributed by atoms with Crippen LogP contribution in [0.15, 0.2) is 109 Å². The van der Waals surface area contributed by atoms with E-state index in [2.05, 4.69) is 15.6 Å². The number of nitrogens with zero attached hydrogens (tertiary/aromatic N) is 5. The van der Waals surface area contributed by atoms with Crippen molar-refractivity contribution in [2.45, 2.75) is 19.8 Å². The van der Waals surface area contributed by atoms with E-state index in [4.69, 9.17) is 9.97 Å². The van der Waals surface area contributed by atoms with Gasteiger partial charge in [-0.05, 0) is 66.1 Å². The highest BCUT2D eigenvalue weighted by atomic mass is 16.2. The van der Waals surface area contributed by atoms with Gasteiger partial charge in [0.05, 0.1) is 23.5 Å². The summed E-state index contributed by atoms with van der Waals surface area (Å²) >= 11 is 0. The predicted molar refractivity (Wildman–Crippen MR) is 172 cm³/mol. The molecule has 9 nitrogen and oxygen atoms in total. The number of imidazole rings is 1. The standard InChI is InChI=1S/C35H29N7O2/c1-23(43)41-19-16-25-21-28(13-14-30(25)41)38-35-36-17-15-29(39-35)34-33(40-31-12-5-6-18-42(31)34)26-10-7-11-27(22-26)37-32(44)20-24-8-3-2-4-9-24/h2-15,17-18,21-22H,16,19-20H2,1H3,(H,37,44)(H,36,38,39). The normalized spacial score (nSPS) is 12.2. The molecule has 0 saturated carbocycles. The van der Waals surface area contributed by atoms with Gasteiger partial charge in [-0.2, -0.15) is 0 Å². The van der Waals surface area contributed by atoms with Crippen molar-refractivity contribution in [2.24, 2.45) is 0 Å². The fourth-order valence-electron chi connectivity index (χ4n) is 5.66. The van der Waals surface area contributed by atoms with Crippen LogP contribution in [0.3, 0.4) is 0 Å². The van der Waals surface area contributed by atoms with Crippen LogP contribution in [0.4, 0.5) is 23.0 Å². The molecule has 0 aliphatic carbocycles. The Labute approximate surface area is 254 Å². The molecule has 4 heterocycles. The van der Waals surface area contributed by atoms with Crippen molar-refractivity contribution in [1.29, 1.82) is 0 Å². The summed E-state index contributed by atoms with van der Waals surface area (Å²) in [5.74, 6) is 0.405. The summed E-state index contributed by atoms with van der Waals surface area (Å²) < 4.78 is 2.01. The first-order valence-corrected chi connectivity index (χ1v) is 14.4. The minimum Gasteiger partial charge on any atom is -0.326 e. The third-order valence-corrected chi connectivity index (χ3v) is 7.67. The van der Waals surface area contributed by atoms with Gasteiger partial charge >= 0.3 is 0 Å². The molecule has 0 fully saturated rings. The number of carbonyl (C=O) groups is 2. The van der Waals surface area contributed by atoms with Crippen LogP contribution in [0.5, 0.6) is 0 Å². The lowest BCUT2D eigenvalue weighted by Gasteiger charge is -2.15. The number of hydrogen-bond acceptors (Lipinski definition) is 6. The number of anilines is 4. The summed E-state index contributed by atoms with van der Waals surface area (Å²) in [6.07, 6.45) is 4.79. The first kappa shape index (κ1) is 27.0. The van der Waals surface area contributed by atoms with Crippen molar-refractivity contribution in [1.82, 2.24) is 19.4 Å². The van der Waals surface area contributed by atoms with Crippen molar-refractivity contribution < 1.29 is 9.59 Å². The van der Waals surface area contributed by atoms with Gasteiger partial charge in [-0.3, -0.25) is 14.0 Å². The number of aromatic nitrogens is 4. The zero-order valence-electron chi connectivity index (χ0n) is 24.1. The van der Waals surface area contributed by atoms with Crippen LogP contribution in [0, 0.1) is 0 Å². The lowest BCUT2D eigenvalue weighted by molar-refractivity contribution is -0.117. The highest BCUT2D eigenvalue weighted by Crippen LogP contribution is 2.34. The minimum absolute atomic E-state index is 0.0458. The number of nitrogens with one attached hydrogen (secondary N) is 2. The summed E-state index contributed by atoms with van der Waals surface area (Å²) in [5.41, 5.74) is 8.42. The quantitative estimate of drug-likeness (QED) is 0.230. The molecule has 3 aromatic heterocycles. The van der Waals surface area contributed by atoms with Crippen molar-refractivity contribution in [3.8, 4) is 22.6 Å². The van der Waals surface area contributed by atoms with Crippen LogP contribution in [0.2, 0.25) is 0 Å². The molecule has 2 N–H and O–H groups in total. The van der Waals surface area contributed by atoms with E-state index < -0.39 is 0 Å². The van der Waals surface area contributed by atoms with Crippen LogP contribution in [-0.4, -0.2) is 37.7 Å².